The fourth-order valence-electron chi connectivity index (χ4n) is 3.68. The molecule has 0 spiro atoms. The van der Waals surface area contributed by atoms with Crippen molar-refractivity contribution in [3.05, 3.63) is 69.5 Å². The zero-order chi connectivity index (χ0) is 21.0. The predicted octanol–water partition coefficient (Wildman–Crippen LogP) is 5.50. The van der Waals surface area contributed by atoms with E-state index in [2.05, 4.69) is 17.3 Å². The van der Waals surface area contributed by atoms with Gasteiger partial charge in [-0.1, -0.05) is 53.5 Å². The van der Waals surface area contributed by atoms with Gasteiger partial charge in [-0.2, -0.15) is 0 Å². The van der Waals surface area contributed by atoms with E-state index in [0.29, 0.717) is 15.6 Å². The Bertz CT molecular complexity index is 856. The lowest BCUT2D eigenvalue weighted by atomic mass is 10.0. The lowest BCUT2D eigenvalue weighted by Gasteiger charge is -2.38. The van der Waals surface area contributed by atoms with E-state index in [-0.39, 0.29) is 30.5 Å². The molecule has 0 bridgehead atoms. The van der Waals surface area contributed by atoms with Gasteiger partial charge in [0.05, 0.1) is 22.6 Å². The molecule has 2 aromatic rings. The largest absolute Gasteiger partial charge is 0.331 e. The fourth-order valence-corrected chi connectivity index (χ4v) is 4.16. The molecule has 3 rings (SSSR count). The second-order valence-corrected chi connectivity index (χ2v) is 8.35. The number of carbonyl (C=O) groups excluding carboxylic acids is 1. The smallest absolute Gasteiger partial charge is 0.318 e. The van der Waals surface area contributed by atoms with Gasteiger partial charge in [-0.3, -0.25) is 0 Å². The van der Waals surface area contributed by atoms with Crippen molar-refractivity contribution in [2.75, 3.05) is 20.1 Å². The van der Waals surface area contributed by atoms with Crippen LogP contribution in [0, 0.1) is 5.82 Å². The zero-order valence-corrected chi connectivity index (χ0v) is 18.2. The summed E-state index contributed by atoms with van der Waals surface area (Å²) in [7, 11) is 2.07. The summed E-state index contributed by atoms with van der Waals surface area (Å²) in [5, 5.41) is 3.90. The van der Waals surface area contributed by atoms with Crippen LogP contribution < -0.4 is 5.32 Å². The van der Waals surface area contributed by atoms with Crippen LogP contribution in [0.1, 0.15) is 36.9 Å². The summed E-state index contributed by atoms with van der Waals surface area (Å²) in [6, 6.07) is 11.4. The molecular formula is C22H26Cl2FN3O. The lowest BCUT2D eigenvalue weighted by Crippen LogP contribution is -2.50. The Balaban J connectivity index is 1.79. The molecule has 1 aliphatic heterocycles. The van der Waals surface area contributed by atoms with E-state index in [1.165, 1.54) is 6.07 Å². The predicted molar refractivity (Wildman–Crippen MR) is 116 cm³/mol. The van der Waals surface area contributed by atoms with Crippen molar-refractivity contribution in [2.45, 2.75) is 38.4 Å². The molecule has 2 aromatic carbocycles. The van der Waals surface area contributed by atoms with Crippen molar-refractivity contribution in [3.8, 4) is 0 Å². The first-order chi connectivity index (χ1) is 13.9. The molecule has 156 valence electrons. The number of carbonyl (C=O) groups is 1. The molecule has 1 atom stereocenters. The van der Waals surface area contributed by atoms with Gasteiger partial charge in [0, 0.05) is 11.6 Å². The summed E-state index contributed by atoms with van der Waals surface area (Å²) in [6.45, 7) is 3.90. The topological polar surface area (TPSA) is 35.6 Å². The van der Waals surface area contributed by atoms with Crippen molar-refractivity contribution in [1.29, 1.82) is 0 Å². The van der Waals surface area contributed by atoms with Crippen LogP contribution in [0.15, 0.2) is 42.5 Å². The Labute approximate surface area is 181 Å². The van der Waals surface area contributed by atoms with Gasteiger partial charge in [-0.05, 0) is 57.6 Å². The molecule has 2 amide bonds. The van der Waals surface area contributed by atoms with Gasteiger partial charge in [0.25, 0.3) is 0 Å². The molecule has 0 radical (unpaired) electrons. The molecular weight excluding hydrogens is 412 g/mol. The molecule has 1 saturated heterocycles. The summed E-state index contributed by atoms with van der Waals surface area (Å²) >= 11 is 12.4. The van der Waals surface area contributed by atoms with Crippen molar-refractivity contribution >= 4 is 29.2 Å². The minimum Gasteiger partial charge on any atom is -0.331 e. The molecule has 1 fully saturated rings. The number of rotatable bonds is 5. The Morgan fingerprint density at radius 3 is 2.59 bits per heavy atom. The number of halogens is 3. The highest BCUT2D eigenvalue weighted by Crippen LogP contribution is 2.30. The normalized spacial score (nSPS) is 16.4. The SMILES string of the molecule is CC(NC(=O)N(Cc1ccccc1F)C1CCN(C)CC1)c1cccc(Cl)c1Cl. The molecule has 1 aliphatic rings. The minimum atomic E-state index is -0.330. The summed E-state index contributed by atoms with van der Waals surface area (Å²) in [5.74, 6) is -0.302. The maximum atomic E-state index is 14.3. The zero-order valence-electron chi connectivity index (χ0n) is 16.7. The molecule has 29 heavy (non-hydrogen) atoms. The highest BCUT2D eigenvalue weighted by Gasteiger charge is 2.29. The van der Waals surface area contributed by atoms with Crippen LogP contribution in [-0.4, -0.2) is 42.0 Å². The maximum absolute atomic E-state index is 14.3. The molecule has 1 unspecified atom stereocenters. The van der Waals surface area contributed by atoms with Gasteiger partial charge < -0.3 is 15.1 Å². The third kappa shape index (κ3) is 5.41. The summed E-state index contributed by atoms with van der Waals surface area (Å²) in [6.07, 6.45) is 1.70. The van der Waals surface area contributed by atoms with Crippen LogP contribution in [0.25, 0.3) is 0 Å². The van der Waals surface area contributed by atoms with Crippen LogP contribution in [0.5, 0.6) is 0 Å². The van der Waals surface area contributed by atoms with Crippen LogP contribution in [0.4, 0.5) is 9.18 Å². The molecule has 4 nitrogen and oxygen atoms in total. The average molecular weight is 438 g/mol. The maximum Gasteiger partial charge on any atom is 0.318 e. The van der Waals surface area contributed by atoms with E-state index in [1.807, 2.05) is 13.0 Å². The summed E-state index contributed by atoms with van der Waals surface area (Å²) in [4.78, 5) is 17.2. The van der Waals surface area contributed by atoms with Crippen LogP contribution in [-0.2, 0) is 6.54 Å². The van der Waals surface area contributed by atoms with Crippen LogP contribution in [0.3, 0.4) is 0 Å². The van der Waals surface area contributed by atoms with Crippen molar-refractivity contribution in [2.24, 2.45) is 0 Å². The lowest BCUT2D eigenvalue weighted by molar-refractivity contribution is 0.124. The van der Waals surface area contributed by atoms with Gasteiger partial charge in [-0.15, -0.1) is 0 Å². The van der Waals surface area contributed by atoms with Gasteiger partial charge in [0.2, 0.25) is 0 Å². The van der Waals surface area contributed by atoms with Crippen molar-refractivity contribution in [1.82, 2.24) is 15.1 Å². The van der Waals surface area contributed by atoms with Crippen molar-refractivity contribution in [3.63, 3.8) is 0 Å². The third-order valence-corrected chi connectivity index (χ3v) is 6.31. The molecule has 0 aromatic heterocycles. The summed E-state index contributed by atoms with van der Waals surface area (Å²) < 4.78 is 14.3. The number of piperidine rings is 1. The molecule has 0 aliphatic carbocycles. The van der Waals surface area contributed by atoms with E-state index in [1.54, 1.807) is 35.2 Å². The molecule has 1 heterocycles. The number of nitrogens with one attached hydrogen (secondary N) is 1. The quantitative estimate of drug-likeness (QED) is 0.669. The number of likely N-dealkylation sites (tertiary alicyclic amines) is 1. The van der Waals surface area contributed by atoms with Gasteiger partial charge in [-0.25, -0.2) is 9.18 Å². The van der Waals surface area contributed by atoms with E-state index in [9.17, 15) is 9.18 Å². The monoisotopic (exact) mass is 437 g/mol. The highest BCUT2D eigenvalue weighted by atomic mass is 35.5. The summed E-state index contributed by atoms with van der Waals surface area (Å²) in [5.41, 5.74) is 1.26. The first kappa shape index (κ1) is 21.9. The van der Waals surface area contributed by atoms with Gasteiger partial charge >= 0.3 is 6.03 Å². The van der Waals surface area contributed by atoms with E-state index in [4.69, 9.17) is 23.2 Å². The van der Waals surface area contributed by atoms with Crippen LogP contribution >= 0.6 is 23.2 Å². The van der Waals surface area contributed by atoms with Gasteiger partial charge in [0.1, 0.15) is 5.82 Å². The standard InChI is InChI=1S/C22H26Cl2FN3O/c1-15(18-7-5-8-19(23)21(18)24)26-22(29)28(17-10-12-27(2)13-11-17)14-16-6-3-4-9-20(16)25/h3-9,15,17H,10-14H2,1-2H3,(H,26,29). The number of nitrogens with zero attached hydrogens (tertiary/aromatic N) is 2. The minimum absolute atomic E-state index is 0.0489. The highest BCUT2D eigenvalue weighted by molar-refractivity contribution is 6.42. The van der Waals surface area contributed by atoms with E-state index >= 15 is 0 Å². The average Bonchev–Trinajstić information content (AvgIpc) is 2.70. The Hall–Kier alpha value is -1.82. The molecule has 1 N–H and O–H groups in total. The molecule has 0 saturated carbocycles. The Morgan fingerprint density at radius 1 is 1.21 bits per heavy atom. The van der Waals surface area contributed by atoms with Gasteiger partial charge in [0.15, 0.2) is 0 Å². The second-order valence-electron chi connectivity index (χ2n) is 7.57. The molecule has 7 heteroatoms. The number of hydrogen-bond donors (Lipinski definition) is 1. The number of urea groups is 1. The van der Waals surface area contributed by atoms with E-state index in [0.717, 1.165) is 31.5 Å². The number of benzene rings is 2. The third-order valence-electron chi connectivity index (χ3n) is 5.48. The second kappa shape index (κ2) is 9.79. The van der Waals surface area contributed by atoms with Crippen LogP contribution in [0.2, 0.25) is 10.0 Å². The first-order valence-corrected chi connectivity index (χ1v) is 10.6. The Morgan fingerprint density at radius 2 is 1.90 bits per heavy atom. The number of hydrogen-bond acceptors (Lipinski definition) is 2. The Kier molecular flexibility index (Phi) is 7.38. The number of amides is 2. The fraction of sp³-hybridized carbons (Fsp3) is 0.409. The first-order valence-electron chi connectivity index (χ1n) is 9.79. The van der Waals surface area contributed by atoms with E-state index < -0.39 is 0 Å². The van der Waals surface area contributed by atoms with Crippen molar-refractivity contribution < 1.29 is 9.18 Å².